The van der Waals surface area contributed by atoms with Gasteiger partial charge in [-0.25, -0.2) is 9.59 Å². The lowest BCUT2D eigenvalue weighted by atomic mass is 9.76. The second kappa shape index (κ2) is 12.1. The molecule has 0 heterocycles. The maximum absolute atomic E-state index is 12.9. The van der Waals surface area contributed by atoms with E-state index >= 15 is 0 Å². The Balaban J connectivity index is 1.30. The van der Waals surface area contributed by atoms with Crippen LogP contribution in [-0.2, 0) is 14.3 Å². The summed E-state index contributed by atoms with van der Waals surface area (Å²) >= 11 is 0. The zero-order valence-corrected chi connectivity index (χ0v) is 23.6. The number of aliphatic imine (C=N–C) groups is 1. The van der Waals surface area contributed by atoms with Crippen LogP contribution in [0.15, 0.2) is 64.9 Å². The summed E-state index contributed by atoms with van der Waals surface area (Å²) < 4.78 is 5.63. The SMILES string of the molecule is CC(=NCCCC[C@H](C(=O)O)N(C)C(=O)OCC1c2ccccc2-c2ccccc21)C1=C(O)CC(C)(C)CC1=O. The molecular formula is C32H38N2O6. The highest BCUT2D eigenvalue weighted by atomic mass is 16.6. The van der Waals surface area contributed by atoms with Gasteiger partial charge in [-0.05, 0) is 53.9 Å². The Hall–Kier alpha value is -3.94. The lowest BCUT2D eigenvalue weighted by Gasteiger charge is -2.29. The van der Waals surface area contributed by atoms with Crippen molar-refractivity contribution in [3.8, 4) is 11.1 Å². The summed E-state index contributed by atoms with van der Waals surface area (Å²) in [7, 11) is 1.45. The molecule has 1 atom stereocenters. The highest BCUT2D eigenvalue weighted by Crippen LogP contribution is 2.44. The third-order valence-electron chi connectivity index (χ3n) is 7.83. The third kappa shape index (κ3) is 6.27. The predicted molar refractivity (Wildman–Crippen MR) is 154 cm³/mol. The number of hydrogen-bond acceptors (Lipinski definition) is 6. The molecule has 2 aromatic rings. The summed E-state index contributed by atoms with van der Waals surface area (Å²) in [5.74, 6) is -1.23. The van der Waals surface area contributed by atoms with E-state index in [-0.39, 0.29) is 35.9 Å². The molecule has 2 aromatic carbocycles. The van der Waals surface area contributed by atoms with Crippen LogP contribution >= 0.6 is 0 Å². The standard InChI is InChI=1S/C32H38N2O6/c1-20(29-27(35)17-32(2,3)18-28(29)36)33-16-10-9-15-26(30(37)38)34(4)31(39)40-19-25-23-13-7-5-11-21(23)22-12-6-8-14-24(22)25/h5-8,11-14,25-26,35H,9-10,15-19H2,1-4H3,(H,37,38)/t26-/m1/s1. The van der Waals surface area contributed by atoms with Crippen LogP contribution in [0.5, 0.6) is 0 Å². The maximum atomic E-state index is 12.9. The molecule has 4 rings (SSSR count). The average Bonchev–Trinajstić information content (AvgIpc) is 3.21. The van der Waals surface area contributed by atoms with E-state index in [2.05, 4.69) is 17.1 Å². The fraction of sp³-hybridized carbons (Fsp3) is 0.438. The first-order chi connectivity index (χ1) is 19.0. The van der Waals surface area contributed by atoms with Crippen molar-refractivity contribution >= 4 is 23.6 Å². The molecule has 2 aliphatic carbocycles. The van der Waals surface area contributed by atoms with E-state index in [4.69, 9.17) is 4.74 Å². The second-order valence-corrected chi connectivity index (χ2v) is 11.5. The van der Waals surface area contributed by atoms with Crippen LogP contribution < -0.4 is 0 Å². The number of Topliss-reactive ketones (excluding diaryl/α,β-unsaturated/α-hetero) is 1. The van der Waals surface area contributed by atoms with Gasteiger partial charge in [-0.1, -0.05) is 62.4 Å². The van der Waals surface area contributed by atoms with Crippen LogP contribution in [0, 0.1) is 5.41 Å². The molecule has 8 nitrogen and oxygen atoms in total. The molecule has 0 saturated carbocycles. The number of aliphatic hydroxyl groups is 1. The Labute approximate surface area is 235 Å². The number of carboxylic acid groups (broad SMARTS) is 1. The first-order valence-electron chi connectivity index (χ1n) is 13.8. The minimum Gasteiger partial charge on any atom is -0.511 e. The fourth-order valence-corrected chi connectivity index (χ4v) is 5.78. The topological polar surface area (TPSA) is 116 Å². The molecule has 8 heteroatoms. The van der Waals surface area contributed by atoms with Gasteiger partial charge in [-0.15, -0.1) is 0 Å². The van der Waals surface area contributed by atoms with Crippen molar-refractivity contribution in [3.05, 3.63) is 71.0 Å². The first kappa shape index (κ1) is 29.1. The number of aliphatic hydroxyl groups excluding tert-OH is 1. The van der Waals surface area contributed by atoms with Gasteiger partial charge in [0.05, 0.1) is 5.57 Å². The lowest BCUT2D eigenvalue weighted by molar-refractivity contribution is -0.142. The molecular weight excluding hydrogens is 508 g/mol. The van der Waals surface area contributed by atoms with Crippen molar-refractivity contribution < 1.29 is 29.3 Å². The summed E-state index contributed by atoms with van der Waals surface area (Å²) in [5, 5.41) is 20.2. The number of rotatable bonds is 10. The molecule has 212 valence electrons. The monoisotopic (exact) mass is 546 g/mol. The molecule has 40 heavy (non-hydrogen) atoms. The van der Waals surface area contributed by atoms with E-state index < -0.39 is 18.1 Å². The lowest BCUT2D eigenvalue weighted by Crippen LogP contribution is -2.43. The Morgan fingerprint density at radius 1 is 1.05 bits per heavy atom. The number of aliphatic carboxylic acids is 1. The van der Waals surface area contributed by atoms with Crippen LogP contribution in [0.3, 0.4) is 0 Å². The van der Waals surface area contributed by atoms with Gasteiger partial charge in [0.25, 0.3) is 0 Å². The van der Waals surface area contributed by atoms with Gasteiger partial charge in [0.1, 0.15) is 18.4 Å². The molecule has 2 N–H and O–H groups in total. The Kier molecular flexibility index (Phi) is 8.76. The van der Waals surface area contributed by atoms with Crippen molar-refractivity contribution in [2.45, 2.75) is 64.8 Å². The number of fused-ring (bicyclic) bond motifs is 3. The van der Waals surface area contributed by atoms with Gasteiger partial charge in [0, 0.05) is 38.1 Å². The fourth-order valence-electron chi connectivity index (χ4n) is 5.78. The zero-order valence-electron chi connectivity index (χ0n) is 23.6. The quantitative estimate of drug-likeness (QED) is 0.273. The normalized spacial score (nSPS) is 17.3. The number of ketones is 1. The van der Waals surface area contributed by atoms with Crippen LogP contribution in [0.4, 0.5) is 4.79 Å². The van der Waals surface area contributed by atoms with Crippen LogP contribution in [0.1, 0.15) is 69.9 Å². The zero-order chi connectivity index (χ0) is 29.0. The maximum Gasteiger partial charge on any atom is 0.410 e. The molecule has 0 aromatic heterocycles. The average molecular weight is 547 g/mol. The van der Waals surface area contributed by atoms with Crippen molar-refractivity contribution in [3.63, 3.8) is 0 Å². The van der Waals surface area contributed by atoms with Gasteiger partial charge in [-0.3, -0.25) is 14.7 Å². The van der Waals surface area contributed by atoms with Gasteiger partial charge < -0.3 is 14.9 Å². The van der Waals surface area contributed by atoms with E-state index in [1.54, 1.807) is 6.92 Å². The predicted octanol–water partition coefficient (Wildman–Crippen LogP) is 6.15. The number of unbranched alkanes of at least 4 members (excludes halogenated alkanes) is 1. The van der Waals surface area contributed by atoms with Crippen molar-refractivity contribution in [2.24, 2.45) is 10.4 Å². The number of carbonyl (C=O) groups excluding carboxylic acids is 2. The minimum atomic E-state index is -1.10. The van der Waals surface area contributed by atoms with Crippen LogP contribution in [-0.4, -0.2) is 64.9 Å². The van der Waals surface area contributed by atoms with Gasteiger partial charge in [-0.2, -0.15) is 0 Å². The number of likely N-dealkylation sites (N-methyl/N-ethyl adjacent to an activating group) is 1. The number of allylic oxidation sites excluding steroid dienone is 2. The molecule has 0 unspecified atom stereocenters. The largest absolute Gasteiger partial charge is 0.511 e. The summed E-state index contributed by atoms with van der Waals surface area (Å²) in [5.41, 5.74) is 4.96. The highest BCUT2D eigenvalue weighted by Gasteiger charge is 2.34. The number of benzene rings is 2. The first-order valence-corrected chi connectivity index (χ1v) is 13.8. The number of ether oxygens (including phenoxy) is 1. The number of carboxylic acids is 1. The summed E-state index contributed by atoms with van der Waals surface area (Å²) in [4.78, 5) is 43.0. The van der Waals surface area contributed by atoms with E-state index in [0.29, 0.717) is 43.5 Å². The third-order valence-corrected chi connectivity index (χ3v) is 7.83. The molecule has 0 spiro atoms. The number of amides is 1. The second-order valence-electron chi connectivity index (χ2n) is 11.5. The molecule has 2 aliphatic rings. The Morgan fingerprint density at radius 3 is 2.23 bits per heavy atom. The Morgan fingerprint density at radius 2 is 1.65 bits per heavy atom. The highest BCUT2D eigenvalue weighted by molar-refractivity contribution is 6.22. The summed E-state index contributed by atoms with van der Waals surface area (Å²) in [6, 6.07) is 15.0. The summed E-state index contributed by atoms with van der Waals surface area (Å²) in [6.07, 6.45) is 1.45. The van der Waals surface area contributed by atoms with Gasteiger partial charge >= 0.3 is 12.1 Å². The number of hydrogen-bond donors (Lipinski definition) is 2. The molecule has 0 bridgehead atoms. The number of carbonyl (C=O) groups is 3. The van der Waals surface area contributed by atoms with Crippen molar-refractivity contribution in [1.29, 1.82) is 0 Å². The molecule has 0 fully saturated rings. The minimum absolute atomic E-state index is 0.0816. The number of nitrogens with zero attached hydrogens (tertiary/aromatic N) is 2. The van der Waals surface area contributed by atoms with Crippen LogP contribution in [0.2, 0.25) is 0 Å². The van der Waals surface area contributed by atoms with E-state index in [1.807, 2.05) is 50.2 Å². The van der Waals surface area contributed by atoms with Crippen molar-refractivity contribution in [1.82, 2.24) is 4.90 Å². The molecule has 0 saturated heterocycles. The van der Waals surface area contributed by atoms with Crippen molar-refractivity contribution in [2.75, 3.05) is 20.2 Å². The summed E-state index contributed by atoms with van der Waals surface area (Å²) in [6.45, 7) is 6.12. The van der Waals surface area contributed by atoms with E-state index in [1.165, 1.54) is 7.05 Å². The van der Waals surface area contributed by atoms with Gasteiger partial charge in [0.15, 0.2) is 5.78 Å². The van der Waals surface area contributed by atoms with E-state index in [9.17, 15) is 24.6 Å². The van der Waals surface area contributed by atoms with Crippen LogP contribution in [0.25, 0.3) is 11.1 Å². The smallest absolute Gasteiger partial charge is 0.410 e. The van der Waals surface area contributed by atoms with E-state index in [0.717, 1.165) is 27.2 Å². The van der Waals surface area contributed by atoms with Gasteiger partial charge in [0.2, 0.25) is 0 Å². The molecule has 1 amide bonds. The Bertz CT molecular complexity index is 1310. The molecule has 0 aliphatic heterocycles. The molecule has 0 radical (unpaired) electrons.